The minimum Gasteiger partial charge on any atom is -0.465 e. The minimum absolute atomic E-state index is 0.0529. The highest BCUT2D eigenvalue weighted by Gasteiger charge is 2.35. The first kappa shape index (κ1) is 23.1. The van der Waals surface area contributed by atoms with Gasteiger partial charge in [-0.2, -0.15) is 5.26 Å². The van der Waals surface area contributed by atoms with Crippen LogP contribution in [0.15, 0.2) is 59.5 Å². The highest BCUT2D eigenvalue weighted by molar-refractivity contribution is 8.18. The molecule has 2 heterocycles. The molecule has 0 N–H and O–H groups in total. The summed E-state index contributed by atoms with van der Waals surface area (Å²) >= 11 is 0.892. The summed E-state index contributed by atoms with van der Waals surface area (Å²) in [7, 11) is 1.34. The molecule has 0 aliphatic carbocycles. The maximum absolute atomic E-state index is 13.0. The molecule has 7 nitrogen and oxygen atoms in total. The summed E-state index contributed by atoms with van der Waals surface area (Å²) in [4.78, 5) is 38.8. The van der Waals surface area contributed by atoms with E-state index in [1.807, 2.05) is 36.6 Å². The van der Waals surface area contributed by atoms with Crippen LogP contribution in [0.1, 0.15) is 38.4 Å². The number of rotatable bonds is 5. The number of aromatic nitrogens is 1. The van der Waals surface area contributed by atoms with Gasteiger partial charge in [0.2, 0.25) is 0 Å². The van der Waals surface area contributed by atoms with Crippen molar-refractivity contribution in [1.29, 1.82) is 5.26 Å². The number of hydrogen-bond acceptors (Lipinski definition) is 6. The SMILES string of the molecule is COC(=O)c1ccc(-n2c(C)cc(/C=C3/SC(=O)N(Cc4ccccc4C#N)C3=O)c2C)cc1. The first-order chi connectivity index (χ1) is 16.3. The van der Waals surface area contributed by atoms with E-state index in [0.29, 0.717) is 21.6 Å². The fourth-order valence-corrected chi connectivity index (χ4v) is 4.74. The van der Waals surface area contributed by atoms with Crippen LogP contribution in [0.5, 0.6) is 0 Å². The molecule has 1 aromatic heterocycles. The van der Waals surface area contributed by atoms with Gasteiger partial charge in [-0.25, -0.2) is 4.79 Å². The van der Waals surface area contributed by atoms with Crippen LogP contribution in [0.2, 0.25) is 0 Å². The van der Waals surface area contributed by atoms with E-state index in [4.69, 9.17) is 4.74 Å². The van der Waals surface area contributed by atoms with Gasteiger partial charge in [-0.05, 0) is 79.2 Å². The van der Waals surface area contributed by atoms with E-state index in [9.17, 15) is 19.6 Å². The summed E-state index contributed by atoms with van der Waals surface area (Å²) in [6.45, 7) is 3.93. The number of nitriles is 1. The van der Waals surface area contributed by atoms with Crippen LogP contribution >= 0.6 is 11.8 Å². The van der Waals surface area contributed by atoms with E-state index >= 15 is 0 Å². The molecule has 3 aromatic rings. The third kappa shape index (κ3) is 4.26. The van der Waals surface area contributed by atoms with Gasteiger partial charge in [-0.3, -0.25) is 14.5 Å². The molecule has 0 radical (unpaired) electrons. The van der Waals surface area contributed by atoms with Gasteiger partial charge in [0.05, 0.1) is 35.8 Å². The van der Waals surface area contributed by atoms with Crippen LogP contribution in [0.4, 0.5) is 4.79 Å². The highest BCUT2D eigenvalue weighted by Crippen LogP contribution is 2.35. The second-order valence-electron chi connectivity index (χ2n) is 7.74. The molecule has 170 valence electrons. The molecule has 1 aliphatic heterocycles. The van der Waals surface area contributed by atoms with Gasteiger partial charge in [-0.15, -0.1) is 0 Å². The van der Waals surface area contributed by atoms with E-state index in [2.05, 4.69) is 6.07 Å². The van der Waals surface area contributed by atoms with E-state index < -0.39 is 5.97 Å². The monoisotopic (exact) mass is 471 g/mol. The number of aryl methyl sites for hydroxylation is 1. The Hall–Kier alpha value is -4.09. The Kier molecular flexibility index (Phi) is 6.39. The molecule has 8 heteroatoms. The number of amides is 2. The van der Waals surface area contributed by atoms with Crippen molar-refractivity contribution >= 4 is 35.0 Å². The fraction of sp³-hybridized carbons (Fsp3) is 0.154. The number of imide groups is 1. The Balaban J connectivity index is 1.61. The quantitative estimate of drug-likeness (QED) is 0.385. The van der Waals surface area contributed by atoms with E-state index in [1.165, 1.54) is 7.11 Å². The summed E-state index contributed by atoms with van der Waals surface area (Å²) in [6.07, 6.45) is 1.72. The van der Waals surface area contributed by atoms with Crippen molar-refractivity contribution < 1.29 is 19.1 Å². The topological polar surface area (TPSA) is 92.4 Å². The Labute approximate surface area is 201 Å². The standard InChI is InChI=1S/C26H21N3O4S/c1-16-12-21(17(2)29(16)22-10-8-18(9-11-22)25(31)33-3)13-23-24(30)28(26(32)34-23)15-20-7-5-4-6-19(20)14-27/h4-13H,15H2,1-3H3/b23-13+. The van der Waals surface area contributed by atoms with E-state index in [1.54, 1.807) is 42.5 Å². The van der Waals surface area contributed by atoms with Crippen molar-refractivity contribution in [2.24, 2.45) is 0 Å². The van der Waals surface area contributed by atoms with Crippen molar-refractivity contribution in [3.8, 4) is 11.8 Å². The molecule has 1 fully saturated rings. The van der Waals surface area contributed by atoms with Crippen LogP contribution in [-0.4, -0.2) is 33.7 Å². The third-order valence-electron chi connectivity index (χ3n) is 5.64. The number of carbonyl (C=O) groups excluding carboxylic acids is 3. The minimum atomic E-state index is -0.402. The third-order valence-corrected chi connectivity index (χ3v) is 6.55. The Bertz CT molecular complexity index is 1380. The summed E-state index contributed by atoms with van der Waals surface area (Å²) < 4.78 is 6.76. The number of carbonyl (C=O) groups is 3. The number of benzene rings is 2. The summed E-state index contributed by atoms with van der Waals surface area (Å²) in [5.74, 6) is -0.781. The van der Waals surface area contributed by atoms with Crippen LogP contribution in [0.3, 0.4) is 0 Å². The number of esters is 1. The van der Waals surface area contributed by atoms with Gasteiger partial charge in [0.1, 0.15) is 0 Å². The predicted molar refractivity (Wildman–Crippen MR) is 129 cm³/mol. The molecule has 4 rings (SSSR count). The Morgan fingerprint density at radius 2 is 1.82 bits per heavy atom. The van der Waals surface area contributed by atoms with Crippen LogP contribution < -0.4 is 0 Å². The first-order valence-electron chi connectivity index (χ1n) is 10.4. The lowest BCUT2D eigenvalue weighted by Crippen LogP contribution is -2.27. The Morgan fingerprint density at radius 3 is 2.50 bits per heavy atom. The summed E-state index contributed by atoms with van der Waals surface area (Å²) in [5, 5.41) is 8.93. The molecule has 1 saturated heterocycles. The zero-order valence-corrected chi connectivity index (χ0v) is 19.7. The van der Waals surface area contributed by atoms with Gasteiger partial charge in [-0.1, -0.05) is 18.2 Å². The van der Waals surface area contributed by atoms with Crippen molar-refractivity contribution in [1.82, 2.24) is 9.47 Å². The maximum atomic E-state index is 13.0. The average Bonchev–Trinajstić information content (AvgIpc) is 3.27. The van der Waals surface area contributed by atoms with Crippen LogP contribution in [0.25, 0.3) is 11.8 Å². The second kappa shape index (κ2) is 9.41. The normalized spacial score (nSPS) is 14.5. The fourth-order valence-electron chi connectivity index (χ4n) is 3.91. The lowest BCUT2D eigenvalue weighted by atomic mass is 10.1. The molecular weight excluding hydrogens is 450 g/mol. The number of thioether (sulfide) groups is 1. The number of hydrogen-bond donors (Lipinski definition) is 0. The second-order valence-corrected chi connectivity index (χ2v) is 8.73. The molecule has 2 amide bonds. The molecule has 0 atom stereocenters. The first-order valence-corrected chi connectivity index (χ1v) is 11.3. The van der Waals surface area contributed by atoms with Crippen LogP contribution in [-0.2, 0) is 16.1 Å². The highest BCUT2D eigenvalue weighted by atomic mass is 32.2. The van der Waals surface area contributed by atoms with Crippen molar-refractivity contribution in [3.63, 3.8) is 0 Å². The smallest absolute Gasteiger partial charge is 0.337 e. The predicted octanol–water partition coefficient (Wildman–Crippen LogP) is 4.99. The molecule has 0 bridgehead atoms. The van der Waals surface area contributed by atoms with Crippen molar-refractivity contribution in [3.05, 3.63) is 93.1 Å². The molecule has 0 spiro atoms. The average molecular weight is 472 g/mol. The van der Waals surface area contributed by atoms with Crippen molar-refractivity contribution in [2.45, 2.75) is 20.4 Å². The largest absolute Gasteiger partial charge is 0.465 e. The van der Waals surface area contributed by atoms with Gasteiger partial charge >= 0.3 is 5.97 Å². The van der Waals surface area contributed by atoms with E-state index in [0.717, 1.165) is 39.3 Å². The molecule has 34 heavy (non-hydrogen) atoms. The van der Waals surface area contributed by atoms with Gasteiger partial charge in [0, 0.05) is 17.1 Å². The number of methoxy groups -OCH3 is 1. The lowest BCUT2D eigenvalue weighted by Gasteiger charge is -2.13. The lowest BCUT2D eigenvalue weighted by molar-refractivity contribution is -0.123. The van der Waals surface area contributed by atoms with Crippen LogP contribution in [0, 0.1) is 25.2 Å². The van der Waals surface area contributed by atoms with Gasteiger partial charge in [0.15, 0.2) is 0 Å². The Morgan fingerprint density at radius 1 is 1.12 bits per heavy atom. The zero-order chi connectivity index (χ0) is 24.4. The number of ether oxygens (including phenoxy) is 1. The maximum Gasteiger partial charge on any atom is 0.337 e. The molecular formula is C26H21N3O4S. The summed E-state index contributed by atoms with van der Waals surface area (Å²) in [5.41, 5.74) is 5.04. The molecule has 0 saturated carbocycles. The van der Waals surface area contributed by atoms with Gasteiger partial charge < -0.3 is 9.30 Å². The molecule has 2 aromatic carbocycles. The summed E-state index contributed by atoms with van der Waals surface area (Å²) in [6, 6.07) is 18.0. The number of nitrogens with zero attached hydrogens (tertiary/aromatic N) is 3. The van der Waals surface area contributed by atoms with Crippen molar-refractivity contribution in [2.75, 3.05) is 7.11 Å². The molecule has 1 aliphatic rings. The van der Waals surface area contributed by atoms with Gasteiger partial charge in [0.25, 0.3) is 11.1 Å². The van der Waals surface area contributed by atoms with E-state index in [-0.39, 0.29) is 17.7 Å². The molecule has 0 unspecified atom stereocenters. The zero-order valence-electron chi connectivity index (χ0n) is 18.9.